The molecule has 4 rings (SSSR count). The van der Waals surface area contributed by atoms with E-state index in [2.05, 4.69) is 25.2 Å². The number of fused-ring (bicyclic) bond motifs is 5. The number of hydrogen-bond donors (Lipinski definition) is 3. The van der Waals surface area contributed by atoms with Crippen molar-refractivity contribution in [2.45, 2.75) is 64.4 Å². The lowest BCUT2D eigenvalue weighted by Gasteiger charge is -2.54. The molecule has 0 saturated heterocycles. The van der Waals surface area contributed by atoms with Crippen molar-refractivity contribution >= 4 is 11.9 Å². The van der Waals surface area contributed by atoms with Gasteiger partial charge in [-0.15, -0.1) is 0 Å². The van der Waals surface area contributed by atoms with E-state index in [0.717, 1.165) is 31.4 Å². The van der Waals surface area contributed by atoms with E-state index < -0.39 is 28.9 Å². The van der Waals surface area contributed by atoms with Crippen molar-refractivity contribution in [2.75, 3.05) is 7.11 Å². The van der Waals surface area contributed by atoms with Crippen molar-refractivity contribution in [3.8, 4) is 0 Å². The third kappa shape index (κ3) is 2.87. The van der Waals surface area contributed by atoms with Gasteiger partial charge >= 0.3 is 11.9 Å². The first-order valence-electron chi connectivity index (χ1n) is 10.9. The van der Waals surface area contributed by atoms with Crippen LogP contribution >= 0.6 is 0 Å². The Kier molecular flexibility index (Phi) is 4.92. The Morgan fingerprint density at radius 1 is 1.20 bits per heavy atom. The number of hydrogen-bond acceptors (Lipinski definition) is 4. The van der Waals surface area contributed by atoms with Crippen LogP contribution in [0.4, 0.5) is 0 Å². The van der Waals surface area contributed by atoms with Crippen LogP contribution in [-0.2, 0) is 14.3 Å². The van der Waals surface area contributed by atoms with Gasteiger partial charge in [0.2, 0.25) is 0 Å². The van der Waals surface area contributed by atoms with Gasteiger partial charge in [-0.05, 0) is 55.6 Å². The van der Waals surface area contributed by atoms with Gasteiger partial charge in [0.05, 0.1) is 18.5 Å². The second-order valence-electron chi connectivity index (χ2n) is 10.0. The van der Waals surface area contributed by atoms with Crippen LogP contribution in [0.2, 0.25) is 0 Å². The lowest BCUT2D eigenvalue weighted by Crippen LogP contribution is -2.52. The molecule has 5 atom stereocenters. The molecule has 1 saturated carbocycles. The van der Waals surface area contributed by atoms with E-state index in [9.17, 15) is 24.9 Å². The monoisotopic (exact) mass is 416 g/mol. The molecule has 0 radical (unpaired) electrons. The fourth-order valence-corrected chi connectivity index (χ4v) is 6.83. The van der Waals surface area contributed by atoms with Gasteiger partial charge in [0.15, 0.2) is 5.92 Å². The summed E-state index contributed by atoms with van der Waals surface area (Å²) in [5, 5.41) is 30.3. The molecule has 0 aliphatic heterocycles. The summed E-state index contributed by atoms with van der Waals surface area (Å²) in [7, 11) is 1.72. The minimum absolute atomic E-state index is 0.0301. The largest absolute Gasteiger partial charge is 0.501 e. The highest BCUT2D eigenvalue weighted by Gasteiger charge is 2.62. The molecular weight excluding hydrogens is 384 g/mol. The molecule has 6 nitrogen and oxygen atoms in total. The number of carboxylic acid groups (broad SMARTS) is 2. The molecule has 0 bridgehead atoms. The molecule has 0 amide bonds. The first kappa shape index (κ1) is 21.2. The van der Waals surface area contributed by atoms with Gasteiger partial charge in [0.1, 0.15) is 0 Å². The summed E-state index contributed by atoms with van der Waals surface area (Å²) in [6.45, 7) is 4.33. The standard InChI is InChI=1S/C24H32O6/c1-22-9-6-15(30-3)12-14(22)4-5-16-18(22)7-10-23(2)19(16)8-11-24(23,29)13-17(20(25)26)21(27)28/h4,7,12,16-17,19,29H,5-6,8-11,13H2,1-3H3,(H,25,26)(H,27,28)/t16-,19+,22+,23+,24+/m1/s1. The van der Waals surface area contributed by atoms with E-state index in [1.807, 2.05) is 6.92 Å². The van der Waals surface area contributed by atoms with Crippen LogP contribution in [0.1, 0.15) is 58.8 Å². The zero-order valence-electron chi connectivity index (χ0n) is 18.0. The van der Waals surface area contributed by atoms with Gasteiger partial charge < -0.3 is 20.1 Å². The summed E-state index contributed by atoms with van der Waals surface area (Å²) in [5.74, 6) is -2.80. The Hall–Kier alpha value is -2.08. The average molecular weight is 417 g/mol. The molecule has 6 heteroatoms. The smallest absolute Gasteiger partial charge is 0.317 e. The number of allylic oxidation sites excluding steroid dienone is 6. The number of rotatable bonds is 5. The first-order chi connectivity index (χ1) is 14.1. The molecule has 0 unspecified atom stereocenters. The zero-order chi connectivity index (χ0) is 21.9. The summed E-state index contributed by atoms with van der Waals surface area (Å²) >= 11 is 0. The van der Waals surface area contributed by atoms with Crippen molar-refractivity contribution in [1.29, 1.82) is 0 Å². The SMILES string of the molecule is COC1=CC2=CC[C@@H]3C(=CC[C@@]4(C)[C@H]3CC[C@]4(O)CC(C(=O)O)C(=O)O)[C@@]2(C)CC1. The molecule has 1 fully saturated rings. The van der Waals surface area contributed by atoms with Crippen LogP contribution in [0.3, 0.4) is 0 Å². The molecule has 164 valence electrons. The fourth-order valence-electron chi connectivity index (χ4n) is 6.83. The molecule has 3 N–H and O–H groups in total. The van der Waals surface area contributed by atoms with E-state index in [1.165, 1.54) is 11.1 Å². The quantitative estimate of drug-likeness (QED) is 0.464. The summed E-state index contributed by atoms with van der Waals surface area (Å²) in [6.07, 6.45) is 11.2. The Labute approximate surface area is 177 Å². The van der Waals surface area contributed by atoms with Gasteiger partial charge in [-0.1, -0.05) is 31.6 Å². The Bertz CT molecular complexity index is 855. The average Bonchev–Trinajstić information content (AvgIpc) is 2.96. The number of aliphatic carboxylic acids is 2. The maximum atomic E-state index is 11.6. The number of methoxy groups -OCH3 is 1. The number of ether oxygens (including phenoxy) is 1. The molecule has 30 heavy (non-hydrogen) atoms. The van der Waals surface area contributed by atoms with Crippen molar-refractivity contribution in [3.63, 3.8) is 0 Å². The Morgan fingerprint density at radius 3 is 2.53 bits per heavy atom. The molecule has 0 heterocycles. The number of aliphatic hydroxyl groups is 1. The van der Waals surface area contributed by atoms with Gasteiger partial charge in [-0.2, -0.15) is 0 Å². The number of carbonyl (C=O) groups is 2. The van der Waals surface area contributed by atoms with E-state index in [0.29, 0.717) is 18.8 Å². The van der Waals surface area contributed by atoms with Crippen molar-refractivity contribution in [2.24, 2.45) is 28.6 Å². The minimum atomic E-state index is -1.58. The lowest BCUT2D eigenvalue weighted by atomic mass is 9.51. The van der Waals surface area contributed by atoms with E-state index in [4.69, 9.17) is 4.74 Å². The van der Waals surface area contributed by atoms with Crippen molar-refractivity contribution in [1.82, 2.24) is 0 Å². The van der Waals surface area contributed by atoms with Crippen LogP contribution in [0.25, 0.3) is 0 Å². The second kappa shape index (κ2) is 6.98. The normalized spacial score (nSPS) is 39.8. The highest BCUT2D eigenvalue weighted by Crippen LogP contribution is 2.65. The highest BCUT2D eigenvalue weighted by atomic mass is 16.5. The van der Waals surface area contributed by atoms with Crippen molar-refractivity contribution < 1.29 is 29.6 Å². The molecule has 4 aliphatic carbocycles. The van der Waals surface area contributed by atoms with Gasteiger partial charge in [-0.25, -0.2) is 0 Å². The van der Waals surface area contributed by atoms with Crippen LogP contribution in [0.5, 0.6) is 0 Å². The van der Waals surface area contributed by atoms with Crippen LogP contribution in [0, 0.1) is 28.6 Å². The molecule has 0 aromatic rings. The van der Waals surface area contributed by atoms with Crippen LogP contribution in [0.15, 0.2) is 35.1 Å². The minimum Gasteiger partial charge on any atom is -0.501 e. The van der Waals surface area contributed by atoms with Crippen molar-refractivity contribution in [3.05, 3.63) is 35.1 Å². The van der Waals surface area contributed by atoms with Crippen LogP contribution < -0.4 is 0 Å². The Morgan fingerprint density at radius 2 is 1.90 bits per heavy atom. The summed E-state index contributed by atoms with van der Waals surface area (Å²) in [4.78, 5) is 23.0. The zero-order valence-corrected chi connectivity index (χ0v) is 18.0. The third-order valence-electron chi connectivity index (χ3n) is 8.84. The summed E-state index contributed by atoms with van der Waals surface area (Å²) in [5.41, 5.74) is 0.904. The van der Waals surface area contributed by atoms with E-state index in [-0.39, 0.29) is 17.8 Å². The molecule has 4 aliphatic rings. The summed E-state index contributed by atoms with van der Waals surface area (Å²) < 4.78 is 5.48. The molecule has 0 spiro atoms. The first-order valence-corrected chi connectivity index (χ1v) is 10.9. The van der Waals surface area contributed by atoms with Gasteiger partial charge in [0.25, 0.3) is 0 Å². The third-order valence-corrected chi connectivity index (χ3v) is 8.84. The lowest BCUT2D eigenvalue weighted by molar-refractivity contribution is -0.162. The fraction of sp³-hybridized carbons (Fsp3) is 0.667. The predicted octanol–water partition coefficient (Wildman–Crippen LogP) is 3.92. The topological polar surface area (TPSA) is 104 Å². The Balaban J connectivity index is 1.67. The maximum absolute atomic E-state index is 11.6. The molecule has 0 aromatic carbocycles. The molecule has 0 aromatic heterocycles. The predicted molar refractivity (Wildman–Crippen MR) is 110 cm³/mol. The van der Waals surface area contributed by atoms with Gasteiger partial charge in [0, 0.05) is 23.7 Å². The van der Waals surface area contributed by atoms with Crippen LogP contribution in [-0.4, -0.2) is 40.0 Å². The highest BCUT2D eigenvalue weighted by molar-refractivity contribution is 5.93. The number of carboxylic acids is 2. The van der Waals surface area contributed by atoms with E-state index >= 15 is 0 Å². The second-order valence-corrected chi connectivity index (χ2v) is 10.0. The maximum Gasteiger partial charge on any atom is 0.317 e. The summed E-state index contributed by atoms with van der Waals surface area (Å²) in [6, 6.07) is 0. The molecular formula is C24H32O6. The van der Waals surface area contributed by atoms with Gasteiger partial charge in [-0.3, -0.25) is 9.59 Å². The van der Waals surface area contributed by atoms with E-state index in [1.54, 1.807) is 7.11 Å².